The van der Waals surface area contributed by atoms with Gasteiger partial charge in [-0.05, 0) is 36.3 Å². The third kappa shape index (κ3) is 2.99. The van der Waals surface area contributed by atoms with Gasteiger partial charge in [-0.1, -0.05) is 19.1 Å². The van der Waals surface area contributed by atoms with Crippen molar-refractivity contribution in [2.75, 3.05) is 5.75 Å². The van der Waals surface area contributed by atoms with Crippen LogP contribution < -0.4 is 16.0 Å². The number of aromatic hydroxyl groups is 1. The lowest BCUT2D eigenvalue weighted by Crippen LogP contribution is -2.67. The second kappa shape index (κ2) is 6.96. The average molecular weight is 373 g/mol. The van der Waals surface area contributed by atoms with E-state index in [9.17, 15) is 14.7 Å². The van der Waals surface area contributed by atoms with Crippen LogP contribution in [0.2, 0.25) is 0 Å². The number of hydrogen-bond acceptors (Lipinski definition) is 6. The molecule has 1 aliphatic carbocycles. The molecule has 138 valence electrons. The van der Waals surface area contributed by atoms with Crippen LogP contribution in [0.1, 0.15) is 37.7 Å². The minimum Gasteiger partial charge on any atom is -0.508 e. The van der Waals surface area contributed by atoms with Gasteiger partial charge in [0.25, 0.3) is 0 Å². The molecule has 1 saturated heterocycles. The van der Waals surface area contributed by atoms with Crippen molar-refractivity contribution in [3.63, 3.8) is 0 Å². The standard InChI is InChI=1S/C19H23N3O3S/c1-2-26-19-21-17-16(18(25)22-19)14(10-6-8-11(23)9-7-10)15-12(20-17)4-3-5-13(15)24/h6-9,14,16-17,19-21,23H,2-5H2,1H3,(H,22,25). The monoisotopic (exact) mass is 373 g/mol. The topological polar surface area (TPSA) is 90.5 Å². The van der Waals surface area contributed by atoms with E-state index in [4.69, 9.17) is 0 Å². The van der Waals surface area contributed by atoms with E-state index in [0.29, 0.717) is 6.42 Å². The van der Waals surface area contributed by atoms with E-state index in [2.05, 4.69) is 22.9 Å². The Morgan fingerprint density at radius 2 is 1.92 bits per heavy atom. The fraction of sp³-hybridized carbons (Fsp3) is 0.474. The highest BCUT2D eigenvalue weighted by atomic mass is 32.2. The van der Waals surface area contributed by atoms with Crippen LogP contribution in [-0.2, 0) is 9.59 Å². The number of ketones is 1. The van der Waals surface area contributed by atoms with E-state index in [1.54, 1.807) is 23.9 Å². The number of phenols is 1. The predicted octanol–water partition coefficient (Wildman–Crippen LogP) is 1.78. The molecule has 6 nitrogen and oxygen atoms in total. The Kier molecular flexibility index (Phi) is 4.67. The van der Waals surface area contributed by atoms with Crippen molar-refractivity contribution in [1.82, 2.24) is 16.0 Å². The van der Waals surface area contributed by atoms with E-state index in [1.807, 2.05) is 12.1 Å². The second-order valence-corrected chi connectivity index (χ2v) is 8.28. The minimum atomic E-state index is -0.408. The van der Waals surface area contributed by atoms with Crippen molar-refractivity contribution in [3.05, 3.63) is 41.1 Å². The molecule has 0 bridgehead atoms. The molecule has 7 heteroatoms. The summed E-state index contributed by atoms with van der Waals surface area (Å²) in [5.41, 5.74) is 2.45. The number of carbonyl (C=O) groups excluding carboxylic acids is 2. The van der Waals surface area contributed by atoms with Crippen LogP contribution >= 0.6 is 11.8 Å². The van der Waals surface area contributed by atoms with Gasteiger partial charge in [0.2, 0.25) is 5.91 Å². The summed E-state index contributed by atoms with van der Waals surface area (Å²) < 4.78 is 0. The molecule has 2 heterocycles. The molecule has 26 heavy (non-hydrogen) atoms. The van der Waals surface area contributed by atoms with Crippen molar-refractivity contribution in [2.45, 2.75) is 43.8 Å². The van der Waals surface area contributed by atoms with Crippen molar-refractivity contribution in [2.24, 2.45) is 5.92 Å². The molecule has 1 aromatic carbocycles. The summed E-state index contributed by atoms with van der Waals surface area (Å²) in [6.45, 7) is 2.05. The van der Waals surface area contributed by atoms with Crippen LogP contribution in [0.4, 0.5) is 0 Å². The van der Waals surface area contributed by atoms with E-state index >= 15 is 0 Å². The SMILES string of the molecule is CCSC1NC(=O)C2C(NC3=C(C(=O)CCC3)C2c2ccc(O)cc2)N1. The zero-order valence-electron chi connectivity index (χ0n) is 14.6. The highest BCUT2D eigenvalue weighted by molar-refractivity contribution is 7.99. The molecule has 4 N–H and O–H groups in total. The van der Waals surface area contributed by atoms with Gasteiger partial charge < -0.3 is 15.7 Å². The van der Waals surface area contributed by atoms with Crippen LogP contribution in [0.25, 0.3) is 0 Å². The number of amides is 1. The first kappa shape index (κ1) is 17.4. The molecule has 0 spiro atoms. The Bertz CT molecular complexity index is 762. The number of phenolic OH excluding ortho intramolecular Hbond substituents is 1. The molecule has 0 aromatic heterocycles. The maximum absolute atomic E-state index is 13.0. The first-order valence-corrected chi connectivity index (χ1v) is 10.1. The normalized spacial score (nSPS) is 31.0. The number of fused-ring (bicyclic) bond motifs is 1. The number of hydrogen-bond donors (Lipinski definition) is 4. The quantitative estimate of drug-likeness (QED) is 0.646. The molecule has 4 rings (SSSR count). The van der Waals surface area contributed by atoms with Crippen molar-refractivity contribution < 1.29 is 14.7 Å². The van der Waals surface area contributed by atoms with Crippen LogP contribution in [0, 0.1) is 5.92 Å². The maximum Gasteiger partial charge on any atom is 0.229 e. The van der Waals surface area contributed by atoms with Crippen molar-refractivity contribution in [3.8, 4) is 5.75 Å². The number of allylic oxidation sites excluding steroid dienone is 2. The molecular weight excluding hydrogens is 350 g/mol. The summed E-state index contributed by atoms with van der Waals surface area (Å²) >= 11 is 1.64. The number of Topliss-reactive ketones (excluding diaryl/α,β-unsaturated/α-hetero) is 1. The zero-order valence-corrected chi connectivity index (χ0v) is 15.4. The molecule has 1 amide bonds. The van der Waals surface area contributed by atoms with Gasteiger partial charge in [-0.3, -0.25) is 14.9 Å². The summed E-state index contributed by atoms with van der Waals surface area (Å²) in [7, 11) is 0. The molecule has 0 saturated carbocycles. The summed E-state index contributed by atoms with van der Waals surface area (Å²) in [6, 6.07) is 6.86. The van der Waals surface area contributed by atoms with Gasteiger partial charge in [-0.15, -0.1) is 11.8 Å². The third-order valence-corrected chi connectivity index (χ3v) is 6.23. The molecule has 0 radical (unpaired) electrons. The van der Waals surface area contributed by atoms with Gasteiger partial charge in [0.1, 0.15) is 11.2 Å². The second-order valence-electron chi connectivity index (χ2n) is 6.90. The largest absolute Gasteiger partial charge is 0.508 e. The van der Waals surface area contributed by atoms with Crippen molar-refractivity contribution >= 4 is 23.5 Å². The molecule has 4 unspecified atom stereocenters. The van der Waals surface area contributed by atoms with E-state index in [-0.39, 0.29) is 35.0 Å². The van der Waals surface area contributed by atoms with Crippen molar-refractivity contribution in [1.29, 1.82) is 0 Å². The first-order chi connectivity index (χ1) is 12.6. The van der Waals surface area contributed by atoms with E-state index < -0.39 is 5.92 Å². The first-order valence-electron chi connectivity index (χ1n) is 9.08. The van der Waals surface area contributed by atoms with Crippen LogP contribution in [0.15, 0.2) is 35.5 Å². The Morgan fingerprint density at radius 1 is 1.15 bits per heavy atom. The average Bonchev–Trinajstić information content (AvgIpc) is 2.61. The fourth-order valence-electron chi connectivity index (χ4n) is 4.21. The Labute approximate surface area is 156 Å². The molecule has 1 fully saturated rings. The Balaban J connectivity index is 1.78. The Morgan fingerprint density at radius 3 is 2.65 bits per heavy atom. The van der Waals surface area contributed by atoms with Gasteiger partial charge in [0.15, 0.2) is 5.78 Å². The molecular formula is C19H23N3O3S. The number of thioether (sulfide) groups is 1. The van der Waals surface area contributed by atoms with Gasteiger partial charge in [-0.2, -0.15) is 0 Å². The highest BCUT2D eigenvalue weighted by Gasteiger charge is 2.48. The number of carbonyl (C=O) groups is 2. The molecule has 1 aromatic rings. The van der Waals surface area contributed by atoms with E-state index in [0.717, 1.165) is 35.4 Å². The lowest BCUT2D eigenvalue weighted by Gasteiger charge is -2.47. The lowest BCUT2D eigenvalue weighted by molar-refractivity contribution is -0.130. The predicted molar refractivity (Wildman–Crippen MR) is 100 cm³/mol. The van der Waals surface area contributed by atoms with Gasteiger partial charge in [0, 0.05) is 23.6 Å². The molecule has 2 aliphatic heterocycles. The van der Waals surface area contributed by atoms with Gasteiger partial charge in [-0.25, -0.2) is 0 Å². The minimum absolute atomic E-state index is 0.0461. The zero-order chi connectivity index (χ0) is 18.3. The summed E-state index contributed by atoms with van der Waals surface area (Å²) in [6.07, 6.45) is 1.98. The molecule has 4 atom stereocenters. The van der Waals surface area contributed by atoms with Crippen LogP contribution in [0.3, 0.4) is 0 Å². The molecule has 3 aliphatic rings. The smallest absolute Gasteiger partial charge is 0.229 e. The number of nitrogens with one attached hydrogen (secondary N) is 3. The fourth-order valence-corrected chi connectivity index (χ4v) is 4.99. The van der Waals surface area contributed by atoms with Crippen LogP contribution in [0.5, 0.6) is 5.75 Å². The summed E-state index contributed by atoms with van der Waals surface area (Å²) in [5.74, 6) is 0.430. The summed E-state index contributed by atoms with van der Waals surface area (Å²) in [4.78, 5) is 25.7. The van der Waals surface area contributed by atoms with Gasteiger partial charge >= 0.3 is 0 Å². The lowest BCUT2D eigenvalue weighted by atomic mass is 9.70. The maximum atomic E-state index is 13.0. The number of rotatable bonds is 3. The van der Waals surface area contributed by atoms with Crippen LogP contribution in [-0.4, -0.2) is 34.2 Å². The third-order valence-electron chi connectivity index (χ3n) is 5.31. The Hall–Kier alpha value is -1.99. The van der Waals surface area contributed by atoms with Gasteiger partial charge in [0.05, 0.1) is 12.1 Å². The van der Waals surface area contributed by atoms with E-state index in [1.165, 1.54) is 0 Å². The number of benzene rings is 1. The highest BCUT2D eigenvalue weighted by Crippen LogP contribution is 2.43. The summed E-state index contributed by atoms with van der Waals surface area (Å²) in [5, 5.41) is 19.6.